The molecule has 2 aromatic rings. The zero-order valence-electron chi connectivity index (χ0n) is 7.86. The van der Waals surface area contributed by atoms with Crippen molar-refractivity contribution in [1.82, 2.24) is 0 Å². The molecule has 0 N–H and O–H groups in total. The Labute approximate surface area is 81.5 Å². The van der Waals surface area contributed by atoms with Gasteiger partial charge in [0.05, 0.1) is 5.39 Å². The molecule has 0 aliphatic carbocycles. The molecule has 0 spiro atoms. The van der Waals surface area contributed by atoms with E-state index in [1.165, 1.54) is 6.07 Å². The maximum Gasteiger partial charge on any atom is 0.193 e. The Morgan fingerprint density at radius 3 is 2.86 bits per heavy atom. The van der Waals surface area contributed by atoms with E-state index in [4.69, 9.17) is 4.42 Å². The molecular formula is C12H10O2. The molecule has 0 amide bonds. The first-order valence-electron chi connectivity index (χ1n) is 4.47. The molecule has 1 heterocycles. The van der Waals surface area contributed by atoms with Crippen molar-refractivity contribution in [2.75, 3.05) is 0 Å². The highest BCUT2D eigenvalue weighted by atomic mass is 16.3. The highest BCUT2D eigenvalue weighted by Gasteiger charge is 2.00. The molecule has 0 bridgehead atoms. The van der Waals surface area contributed by atoms with Gasteiger partial charge in [-0.15, -0.1) is 0 Å². The van der Waals surface area contributed by atoms with Crippen LogP contribution in [0, 0.1) is 0 Å². The normalized spacial score (nSPS) is 11.2. The fourth-order valence-corrected chi connectivity index (χ4v) is 1.37. The molecule has 2 nitrogen and oxygen atoms in total. The summed E-state index contributed by atoms with van der Waals surface area (Å²) >= 11 is 0. The van der Waals surface area contributed by atoms with E-state index in [0.717, 1.165) is 0 Å². The van der Waals surface area contributed by atoms with Crippen LogP contribution < -0.4 is 5.43 Å². The zero-order chi connectivity index (χ0) is 9.97. The molecule has 2 rings (SSSR count). The Kier molecular flexibility index (Phi) is 2.19. The molecule has 70 valence electrons. The minimum Gasteiger partial charge on any atom is -0.456 e. The molecule has 0 radical (unpaired) electrons. The van der Waals surface area contributed by atoms with Gasteiger partial charge in [0, 0.05) is 6.07 Å². The van der Waals surface area contributed by atoms with Crippen molar-refractivity contribution in [3.8, 4) is 0 Å². The molecule has 0 aliphatic rings. The maximum absolute atomic E-state index is 11.6. The van der Waals surface area contributed by atoms with Crippen molar-refractivity contribution in [2.45, 2.75) is 6.92 Å². The van der Waals surface area contributed by atoms with Crippen LogP contribution >= 0.6 is 0 Å². The van der Waals surface area contributed by atoms with Crippen molar-refractivity contribution >= 4 is 17.0 Å². The fourth-order valence-electron chi connectivity index (χ4n) is 1.37. The minimum atomic E-state index is -0.0000463. The maximum atomic E-state index is 11.6. The Bertz CT molecular complexity index is 535. The van der Waals surface area contributed by atoms with E-state index in [0.29, 0.717) is 16.7 Å². The third-order valence-corrected chi connectivity index (χ3v) is 1.98. The molecule has 0 unspecified atom stereocenters. The van der Waals surface area contributed by atoms with E-state index in [2.05, 4.69) is 0 Å². The van der Waals surface area contributed by atoms with Gasteiger partial charge in [-0.1, -0.05) is 18.2 Å². The van der Waals surface area contributed by atoms with Crippen LogP contribution in [0.4, 0.5) is 0 Å². The van der Waals surface area contributed by atoms with Crippen molar-refractivity contribution < 1.29 is 4.42 Å². The monoisotopic (exact) mass is 186 g/mol. The first-order chi connectivity index (χ1) is 6.81. The Hall–Kier alpha value is -1.83. The van der Waals surface area contributed by atoms with Crippen LogP contribution in [0.1, 0.15) is 12.7 Å². The number of allylic oxidation sites excluding steroid dienone is 1. The van der Waals surface area contributed by atoms with Crippen molar-refractivity contribution in [3.63, 3.8) is 0 Å². The third kappa shape index (κ3) is 1.46. The van der Waals surface area contributed by atoms with E-state index < -0.39 is 0 Å². The lowest BCUT2D eigenvalue weighted by Gasteiger charge is -1.97. The summed E-state index contributed by atoms with van der Waals surface area (Å²) in [5.41, 5.74) is 0.632. The molecular weight excluding hydrogens is 176 g/mol. The summed E-state index contributed by atoms with van der Waals surface area (Å²) in [5.74, 6) is 0.594. The topological polar surface area (TPSA) is 30.2 Å². The van der Waals surface area contributed by atoms with E-state index in [-0.39, 0.29) is 5.43 Å². The largest absolute Gasteiger partial charge is 0.456 e. The van der Waals surface area contributed by atoms with Crippen LogP contribution in [0.5, 0.6) is 0 Å². The summed E-state index contributed by atoms with van der Waals surface area (Å²) in [6, 6.07) is 8.74. The summed E-state index contributed by atoms with van der Waals surface area (Å²) < 4.78 is 5.50. The fraction of sp³-hybridized carbons (Fsp3) is 0.0833. The summed E-state index contributed by atoms with van der Waals surface area (Å²) in [4.78, 5) is 11.6. The van der Waals surface area contributed by atoms with Crippen molar-refractivity contribution in [2.24, 2.45) is 0 Å². The second kappa shape index (κ2) is 3.50. The number of rotatable bonds is 1. The average Bonchev–Trinajstić information content (AvgIpc) is 2.18. The average molecular weight is 186 g/mol. The predicted octanol–water partition coefficient (Wildman–Crippen LogP) is 2.83. The van der Waals surface area contributed by atoms with Gasteiger partial charge in [0.25, 0.3) is 0 Å². The highest BCUT2D eigenvalue weighted by Crippen LogP contribution is 2.12. The van der Waals surface area contributed by atoms with Gasteiger partial charge < -0.3 is 4.42 Å². The lowest BCUT2D eigenvalue weighted by atomic mass is 10.2. The molecule has 2 heteroatoms. The number of para-hydroxylation sites is 1. The molecule has 0 saturated carbocycles. The van der Waals surface area contributed by atoms with Crippen molar-refractivity contribution in [1.29, 1.82) is 0 Å². The van der Waals surface area contributed by atoms with Gasteiger partial charge in [0.1, 0.15) is 11.3 Å². The standard InChI is InChI=1S/C12H10O2/c1-2-5-9-8-11(13)10-6-3-4-7-12(10)14-9/h2-8H,1H3. The van der Waals surface area contributed by atoms with Gasteiger partial charge in [0.15, 0.2) is 5.43 Å². The lowest BCUT2D eigenvalue weighted by Crippen LogP contribution is -1.99. The van der Waals surface area contributed by atoms with Gasteiger partial charge in [0.2, 0.25) is 0 Å². The van der Waals surface area contributed by atoms with Gasteiger partial charge >= 0.3 is 0 Å². The SMILES string of the molecule is CC=Cc1cc(=O)c2ccccc2o1. The summed E-state index contributed by atoms with van der Waals surface area (Å²) in [6.45, 7) is 1.88. The van der Waals surface area contributed by atoms with Crippen LogP contribution in [0.3, 0.4) is 0 Å². The zero-order valence-corrected chi connectivity index (χ0v) is 7.86. The lowest BCUT2D eigenvalue weighted by molar-refractivity contribution is 0.590. The van der Waals surface area contributed by atoms with E-state index in [1.54, 1.807) is 18.2 Å². The van der Waals surface area contributed by atoms with E-state index in [1.807, 2.05) is 25.1 Å². The van der Waals surface area contributed by atoms with Crippen LogP contribution in [0.15, 0.2) is 45.6 Å². The Morgan fingerprint density at radius 1 is 1.29 bits per heavy atom. The predicted molar refractivity (Wildman–Crippen MR) is 57.2 cm³/mol. The molecule has 1 aromatic carbocycles. The highest BCUT2D eigenvalue weighted by molar-refractivity contribution is 5.76. The number of hydrogen-bond donors (Lipinski definition) is 0. The van der Waals surface area contributed by atoms with Crippen LogP contribution in [0.25, 0.3) is 17.0 Å². The second-order valence-electron chi connectivity index (χ2n) is 3.01. The molecule has 0 atom stereocenters. The molecule has 0 saturated heterocycles. The molecule has 0 fully saturated rings. The first-order valence-corrected chi connectivity index (χ1v) is 4.47. The number of hydrogen-bond acceptors (Lipinski definition) is 2. The van der Waals surface area contributed by atoms with Crippen molar-refractivity contribution in [3.05, 3.63) is 52.4 Å². The first kappa shape index (κ1) is 8.75. The quantitative estimate of drug-likeness (QED) is 0.685. The van der Waals surface area contributed by atoms with Crippen LogP contribution in [-0.4, -0.2) is 0 Å². The number of benzene rings is 1. The van der Waals surface area contributed by atoms with Gasteiger partial charge in [-0.2, -0.15) is 0 Å². The smallest absolute Gasteiger partial charge is 0.193 e. The second-order valence-corrected chi connectivity index (χ2v) is 3.01. The van der Waals surface area contributed by atoms with E-state index in [9.17, 15) is 4.79 Å². The van der Waals surface area contributed by atoms with Gasteiger partial charge in [-0.05, 0) is 25.1 Å². The Balaban J connectivity index is 2.79. The van der Waals surface area contributed by atoms with Crippen LogP contribution in [0.2, 0.25) is 0 Å². The summed E-state index contributed by atoms with van der Waals surface area (Å²) in [7, 11) is 0. The van der Waals surface area contributed by atoms with Gasteiger partial charge in [-0.3, -0.25) is 4.79 Å². The minimum absolute atomic E-state index is 0.0000463. The molecule has 0 aliphatic heterocycles. The van der Waals surface area contributed by atoms with E-state index >= 15 is 0 Å². The Morgan fingerprint density at radius 2 is 2.07 bits per heavy atom. The molecule has 1 aromatic heterocycles. The molecule has 14 heavy (non-hydrogen) atoms. The van der Waals surface area contributed by atoms with Gasteiger partial charge in [-0.25, -0.2) is 0 Å². The number of fused-ring (bicyclic) bond motifs is 1. The summed E-state index contributed by atoms with van der Waals surface area (Å²) in [5, 5.41) is 0.626. The summed E-state index contributed by atoms with van der Waals surface area (Å²) in [6.07, 6.45) is 3.61. The third-order valence-electron chi connectivity index (χ3n) is 1.98. The van der Waals surface area contributed by atoms with Crippen LogP contribution in [-0.2, 0) is 0 Å².